The van der Waals surface area contributed by atoms with Crippen molar-refractivity contribution in [3.63, 3.8) is 0 Å². The largest absolute Gasteiger partial charge is 0.370 e. The Hall–Kier alpha value is -4.46. The van der Waals surface area contributed by atoms with Crippen LogP contribution >= 0.6 is 0 Å². The van der Waals surface area contributed by atoms with Gasteiger partial charge >= 0.3 is 5.69 Å². The summed E-state index contributed by atoms with van der Waals surface area (Å²) in [6, 6.07) is 10.5. The molecule has 1 heterocycles. The van der Waals surface area contributed by atoms with Crippen LogP contribution in [0.2, 0.25) is 0 Å². The summed E-state index contributed by atoms with van der Waals surface area (Å²) in [6.45, 7) is 5.62. The molecule has 0 fully saturated rings. The first-order valence-electron chi connectivity index (χ1n) is 9.32. The van der Waals surface area contributed by atoms with E-state index in [1.54, 1.807) is 30.5 Å². The van der Waals surface area contributed by atoms with Crippen LogP contribution in [-0.4, -0.2) is 27.9 Å². The summed E-state index contributed by atoms with van der Waals surface area (Å²) in [4.78, 5) is 27.4. The standard InChI is InChI=1S/C20H17N7O4/c1-3-25(4-2)17-8-7-16(15-6-5-9-22-20(15)17)23-24-19-13(12-21)10-14(26(28)29)11-18(19)27(30)31/h5-11H,3-4H2,1-2H3. The number of hydrogen-bond donors (Lipinski definition) is 0. The number of nitro benzene ring substituents is 2. The molecule has 1 aromatic heterocycles. The first-order chi connectivity index (χ1) is 14.9. The lowest BCUT2D eigenvalue weighted by atomic mass is 10.1. The first-order valence-corrected chi connectivity index (χ1v) is 9.32. The minimum Gasteiger partial charge on any atom is -0.370 e. The van der Waals surface area contributed by atoms with Crippen LogP contribution in [0.3, 0.4) is 0 Å². The van der Waals surface area contributed by atoms with Crippen LogP contribution < -0.4 is 4.90 Å². The van der Waals surface area contributed by atoms with Gasteiger partial charge in [0.05, 0.1) is 38.4 Å². The summed E-state index contributed by atoms with van der Waals surface area (Å²) in [5.74, 6) is 0. The molecule has 0 aliphatic carbocycles. The van der Waals surface area contributed by atoms with Gasteiger partial charge in [-0.3, -0.25) is 25.2 Å². The molecule has 3 aromatic rings. The van der Waals surface area contributed by atoms with Crippen LogP contribution in [0.4, 0.5) is 28.4 Å². The quantitative estimate of drug-likeness (QED) is 0.290. The number of benzene rings is 2. The van der Waals surface area contributed by atoms with Gasteiger partial charge in [-0.05, 0) is 38.1 Å². The van der Waals surface area contributed by atoms with Crippen molar-refractivity contribution in [2.45, 2.75) is 13.8 Å². The molecule has 0 aliphatic rings. The third kappa shape index (κ3) is 4.13. The van der Waals surface area contributed by atoms with E-state index >= 15 is 0 Å². The second-order valence-corrected chi connectivity index (χ2v) is 6.36. The maximum Gasteiger partial charge on any atom is 0.304 e. The van der Waals surface area contributed by atoms with Crippen LogP contribution in [0.5, 0.6) is 0 Å². The number of hydrogen-bond acceptors (Lipinski definition) is 9. The Balaban J connectivity index is 2.17. The molecule has 0 radical (unpaired) electrons. The minimum absolute atomic E-state index is 0.313. The van der Waals surface area contributed by atoms with Crippen LogP contribution in [0.25, 0.3) is 10.9 Å². The Morgan fingerprint density at radius 2 is 1.84 bits per heavy atom. The number of anilines is 1. The Morgan fingerprint density at radius 1 is 1.10 bits per heavy atom. The highest BCUT2D eigenvalue weighted by atomic mass is 16.6. The zero-order valence-corrected chi connectivity index (χ0v) is 16.7. The van der Waals surface area contributed by atoms with E-state index in [9.17, 15) is 25.5 Å². The van der Waals surface area contributed by atoms with Gasteiger partial charge in [0.2, 0.25) is 0 Å². The van der Waals surface area contributed by atoms with Crippen LogP contribution in [0.1, 0.15) is 19.4 Å². The average Bonchev–Trinajstić information content (AvgIpc) is 2.78. The highest BCUT2D eigenvalue weighted by Gasteiger charge is 2.24. The van der Waals surface area contributed by atoms with E-state index in [0.29, 0.717) is 16.6 Å². The Labute approximate surface area is 176 Å². The van der Waals surface area contributed by atoms with Gasteiger partial charge in [0.1, 0.15) is 6.07 Å². The fourth-order valence-electron chi connectivity index (χ4n) is 3.19. The van der Waals surface area contributed by atoms with Crippen molar-refractivity contribution in [2.24, 2.45) is 10.2 Å². The van der Waals surface area contributed by atoms with Gasteiger partial charge in [0.15, 0.2) is 5.69 Å². The van der Waals surface area contributed by atoms with Crippen LogP contribution in [0.15, 0.2) is 52.8 Å². The van der Waals surface area contributed by atoms with E-state index in [4.69, 9.17) is 0 Å². The van der Waals surface area contributed by atoms with Gasteiger partial charge in [-0.2, -0.15) is 5.26 Å². The molecule has 0 saturated carbocycles. The monoisotopic (exact) mass is 419 g/mol. The summed E-state index contributed by atoms with van der Waals surface area (Å²) in [6.07, 6.45) is 1.66. The van der Waals surface area contributed by atoms with E-state index in [-0.39, 0.29) is 11.3 Å². The molecule has 0 saturated heterocycles. The van der Waals surface area contributed by atoms with Gasteiger partial charge in [0.25, 0.3) is 5.69 Å². The Morgan fingerprint density at radius 3 is 2.45 bits per heavy atom. The lowest BCUT2D eigenvalue weighted by Crippen LogP contribution is -2.22. The van der Waals surface area contributed by atoms with Crippen molar-refractivity contribution < 1.29 is 9.85 Å². The van der Waals surface area contributed by atoms with E-state index in [2.05, 4.69) is 20.1 Å². The van der Waals surface area contributed by atoms with Crippen molar-refractivity contribution in [1.82, 2.24) is 4.98 Å². The number of nitriles is 1. The topological polar surface area (TPSA) is 151 Å². The molecule has 0 amide bonds. The van der Waals surface area contributed by atoms with Crippen molar-refractivity contribution in [1.29, 1.82) is 5.26 Å². The van der Waals surface area contributed by atoms with E-state index < -0.39 is 21.2 Å². The van der Waals surface area contributed by atoms with Crippen molar-refractivity contribution in [3.8, 4) is 6.07 Å². The molecular weight excluding hydrogens is 402 g/mol. The van der Waals surface area contributed by atoms with E-state index in [1.165, 1.54) is 0 Å². The molecule has 11 heteroatoms. The number of nitrogens with zero attached hydrogens (tertiary/aromatic N) is 7. The maximum absolute atomic E-state index is 11.4. The van der Waals surface area contributed by atoms with Gasteiger partial charge in [0, 0.05) is 30.7 Å². The SMILES string of the molecule is CCN(CC)c1ccc(N=Nc2c(C#N)cc([N+](=O)[O-])cc2[N+](=O)[O-])c2cccnc12. The number of azo groups is 1. The summed E-state index contributed by atoms with van der Waals surface area (Å²) in [7, 11) is 0. The molecule has 0 unspecified atom stereocenters. The zero-order chi connectivity index (χ0) is 22.5. The van der Waals surface area contributed by atoms with Crippen molar-refractivity contribution in [3.05, 3.63) is 68.4 Å². The number of nitro groups is 2. The molecule has 11 nitrogen and oxygen atoms in total. The first kappa shape index (κ1) is 21.3. The number of fused-ring (bicyclic) bond motifs is 1. The smallest absolute Gasteiger partial charge is 0.304 e. The minimum atomic E-state index is -0.828. The van der Waals surface area contributed by atoms with Gasteiger partial charge in [-0.25, -0.2) is 0 Å². The number of non-ortho nitro benzene ring substituents is 1. The van der Waals surface area contributed by atoms with E-state index in [0.717, 1.165) is 30.9 Å². The normalized spacial score (nSPS) is 10.9. The molecule has 2 aromatic carbocycles. The molecule has 3 rings (SSSR count). The third-order valence-electron chi connectivity index (χ3n) is 4.69. The Kier molecular flexibility index (Phi) is 6.11. The summed E-state index contributed by atoms with van der Waals surface area (Å²) < 4.78 is 0. The molecule has 156 valence electrons. The molecule has 0 bridgehead atoms. The van der Waals surface area contributed by atoms with Gasteiger partial charge < -0.3 is 4.90 Å². The predicted molar refractivity (Wildman–Crippen MR) is 114 cm³/mol. The fraction of sp³-hybridized carbons (Fsp3) is 0.200. The summed E-state index contributed by atoms with van der Waals surface area (Å²) in [5, 5.41) is 40.5. The maximum atomic E-state index is 11.4. The van der Waals surface area contributed by atoms with Crippen LogP contribution in [0, 0.1) is 31.6 Å². The van der Waals surface area contributed by atoms with Crippen molar-refractivity contribution in [2.75, 3.05) is 18.0 Å². The molecular formula is C20H17N7O4. The summed E-state index contributed by atoms with van der Waals surface area (Å²) in [5.41, 5.74) is 0.113. The fourth-order valence-corrected chi connectivity index (χ4v) is 3.19. The molecule has 0 atom stereocenters. The molecule has 0 aliphatic heterocycles. The second kappa shape index (κ2) is 8.91. The number of aromatic nitrogens is 1. The Bertz CT molecular complexity index is 1250. The van der Waals surface area contributed by atoms with E-state index in [1.807, 2.05) is 19.9 Å². The molecule has 0 spiro atoms. The number of rotatable bonds is 7. The van der Waals surface area contributed by atoms with Crippen LogP contribution in [-0.2, 0) is 0 Å². The third-order valence-corrected chi connectivity index (χ3v) is 4.69. The van der Waals surface area contributed by atoms with Crippen molar-refractivity contribution >= 4 is 39.3 Å². The number of pyridine rings is 1. The lowest BCUT2D eigenvalue weighted by molar-refractivity contribution is -0.393. The second-order valence-electron chi connectivity index (χ2n) is 6.36. The molecule has 31 heavy (non-hydrogen) atoms. The molecule has 0 N–H and O–H groups in total. The summed E-state index contributed by atoms with van der Waals surface area (Å²) >= 11 is 0. The highest BCUT2D eigenvalue weighted by molar-refractivity contribution is 5.98. The lowest BCUT2D eigenvalue weighted by Gasteiger charge is -2.22. The highest BCUT2D eigenvalue weighted by Crippen LogP contribution is 2.38. The van der Waals surface area contributed by atoms with Gasteiger partial charge in [-0.15, -0.1) is 10.2 Å². The average molecular weight is 419 g/mol. The van der Waals surface area contributed by atoms with Gasteiger partial charge in [-0.1, -0.05) is 0 Å². The predicted octanol–water partition coefficient (Wildman–Crippen LogP) is 5.18. The zero-order valence-electron chi connectivity index (χ0n) is 16.7.